The topological polar surface area (TPSA) is 112 Å². The van der Waals surface area contributed by atoms with Crippen LogP contribution in [-0.4, -0.2) is 49.8 Å². The summed E-state index contributed by atoms with van der Waals surface area (Å²) in [5.41, 5.74) is 0. The van der Waals surface area contributed by atoms with Crippen molar-refractivity contribution in [1.82, 2.24) is 0 Å². The third kappa shape index (κ3) is 99.6. The van der Waals surface area contributed by atoms with Crippen molar-refractivity contribution in [1.29, 1.82) is 0 Å². The molecule has 0 aliphatic heterocycles. The molecule has 0 radical (unpaired) electrons. The van der Waals surface area contributed by atoms with Crippen molar-refractivity contribution < 1.29 is 38.4 Å². The Balaban J connectivity index is -0.0000000800. The Morgan fingerprint density at radius 3 is 0.857 bits per heavy atom. The van der Waals surface area contributed by atoms with Crippen LogP contribution in [0.3, 0.4) is 0 Å². The van der Waals surface area contributed by atoms with Crippen molar-refractivity contribution >= 4 is 29.6 Å². The minimum absolute atomic E-state index is 0. The molecule has 7 heteroatoms. The van der Waals surface area contributed by atoms with Gasteiger partial charge in [0, 0.05) is 0 Å². The van der Waals surface area contributed by atoms with Crippen molar-refractivity contribution in [2.24, 2.45) is 0 Å². The van der Waals surface area contributed by atoms with E-state index in [1.54, 1.807) is 0 Å². The molecule has 0 aromatic heterocycles. The first kappa shape index (κ1) is 15.8. The summed E-state index contributed by atoms with van der Waals surface area (Å²) >= 11 is -5.00. The fraction of sp³-hybridized carbons (Fsp3) is 0. The molecule has 0 rings (SSSR count). The van der Waals surface area contributed by atoms with Crippen LogP contribution in [0.25, 0.3) is 0 Å². The van der Waals surface area contributed by atoms with Gasteiger partial charge in [-0.2, -0.15) is 0 Å². The Kier molecular flexibility index (Phi) is 12.8. The zero-order valence-corrected chi connectivity index (χ0v) is 4.35. The van der Waals surface area contributed by atoms with E-state index in [9.17, 15) is 0 Å². The molecule has 7 heavy (non-hydrogen) atoms. The van der Waals surface area contributed by atoms with Crippen LogP contribution < -0.4 is 0 Å². The van der Waals surface area contributed by atoms with Gasteiger partial charge in [0.05, 0.1) is 0 Å². The van der Waals surface area contributed by atoms with Gasteiger partial charge in [-0.3, -0.25) is 0 Å². The monoisotopic (exact) mass is 158 g/mol. The Labute approximate surface area is 67.5 Å². The molecule has 0 atom stereocenters. The zero-order chi connectivity index (χ0) is 4.50. The molecular formula is H7NaO5Ti. The van der Waals surface area contributed by atoms with Gasteiger partial charge in [0.25, 0.3) is 0 Å². The summed E-state index contributed by atoms with van der Waals surface area (Å²) in [6.45, 7) is 0. The van der Waals surface area contributed by atoms with E-state index in [2.05, 4.69) is 0 Å². The molecule has 0 heterocycles. The van der Waals surface area contributed by atoms with Crippen LogP contribution >= 0.6 is 0 Å². The number of hydrogen-bond donors (Lipinski definition) is 4. The van der Waals surface area contributed by atoms with Gasteiger partial charge in [-0.1, -0.05) is 0 Å². The molecule has 0 aliphatic rings. The summed E-state index contributed by atoms with van der Waals surface area (Å²) in [5.74, 6) is 0. The van der Waals surface area contributed by atoms with E-state index >= 15 is 0 Å². The first-order valence-corrected chi connectivity index (χ1v) is 3.69. The molecule has 0 unspecified atom stereocenters. The number of hydrogen-bond acceptors (Lipinski definition) is 4. The summed E-state index contributed by atoms with van der Waals surface area (Å²) in [4.78, 5) is 0. The van der Waals surface area contributed by atoms with E-state index in [0.717, 1.165) is 0 Å². The van der Waals surface area contributed by atoms with Gasteiger partial charge < -0.3 is 5.48 Å². The molecule has 0 aliphatic carbocycles. The summed E-state index contributed by atoms with van der Waals surface area (Å²) in [7, 11) is 0. The minimum atomic E-state index is -5.00. The van der Waals surface area contributed by atoms with Crippen molar-refractivity contribution in [3.05, 3.63) is 0 Å². The summed E-state index contributed by atoms with van der Waals surface area (Å²) < 4.78 is 29.5. The SMILES string of the molecule is O.[NaH].[OH][Ti]([OH])([OH])[OH]. The van der Waals surface area contributed by atoms with Crippen molar-refractivity contribution in [2.75, 3.05) is 0 Å². The predicted octanol–water partition coefficient (Wildman–Crippen LogP) is -3.70. The average molecular weight is 158 g/mol. The predicted molar refractivity (Wildman–Crippen MR) is 19.6 cm³/mol. The third-order valence-corrected chi connectivity index (χ3v) is 0. The molecule has 5 nitrogen and oxygen atoms in total. The van der Waals surface area contributed by atoms with Crippen LogP contribution in [0.5, 0.6) is 0 Å². The van der Waals surface area contributed by atoms with Gasteiger partial charge >= 0.3 is 62.5 Å². The molecular weight excluding hydrogens is 151 g/mol. The van der Waals surface area contributed by atoms with Gasteiger partial charge in [0.15, 0.2) is 0 Å². The molecule has 0 spiro atoms. The fourth-order valence-corrected chi connectivity index (χ4v) is 0. The fourth-order valence-electron chi connectivity index (χ4n) is 0. The van der Waals surface area contributed by atoms with Gasteiger partial charge in [-0.05, 0) is 0 Å². The molecule has 0 amide bonds. The van der Waals surface area contributed by atoms with Crippen LogP contribution in [0.4, 0.5) is 0 Å². The van der Waals surface area contributed by atoms with Gasteiger partial charge in [-0.15, -0.1) is 0 Å². The van der Waals surface area contributed by atoms with Crippen LogP contribution in [0.1, 0.15) is 0 Å². The molecule has 0 aromatic rings. The van der Waals surface area contributed by atoms with E-state index < -0.39 is 18.1 Å². The maximum atomic E-state index is 7.38. The van der Waals surface area contributed by atoms with E-state index in [-0.39, 0.29) is 35.0 Å². The first-order chi connectivity index (χ1) is 2.00. The normalized spacial score (nSPS) is 8.57. The molecule has 42 valence electrons. The van der Waals surface area contributed by atoms with Crippen molar-refractivity contribution in [2.45, 2.75) is 0 Å². The second-order valence-electron chi connectivity index (χ2n) is 0.600. The van der Waals surface area contributed by atoms with E-state index in [0.29, 0.717) is 0 Å². The quantitative estimate of drug-likeness (QED) is 0.271. The van der Waals surface area contributed by atoms with Gasteiger partial charge in [0.1, 0.15) is 0 Å². The summed E-state index contributed by atoms with van der Waals surface area (Å²) in [6, 6.07) is 0. The van der Waals surface area contributed by atoms with Crippen LogP contribution in [0.2, 0.25) is 0 Å². The third-order valence-electron chi connectivity index (χ3n) is 0. The van der Waals surface area contributed by atoms with Crippen LogP contribution in [0, 0.1) is 0 Å². The van der Waals surface area contributed by atoms with Gasteiger partial charge in [-0.25, -0.2) is 0 Å². The number of rotatable bonds is 0. The molecule has 0 saturated heterocycles. The zero-order valence-electron chi connectivity index (χ0n) is 2.79. The van der Waals surface area contributed by atoms with Crippen molar-refractivity contribution in [3.63, 3.8) is 0 Å². The average Bonchev–Trinajstić information content (AvgIpc) is 0.722. The molecule has 6 N–H and O–H groups in total. The molecule has 0 fully saturated rings. The van der Waals surface area contributed by atoms with Crippen LogP contribution in [0.15, 0.2) is 0 Å². The van der Waals surface area contributed by atoms with E-state index in [4.69, 9.17) is 14.8 Å². The van der Waals surface area contributed by atoms with Crippen LogP contribution in [-0.2, 0) is 18.1 Å². The second-order valence-corrected chi connectivity index (χ2v) is 2.47. The summed E-state index contributed by atoms with van der Waals surface area (Å²) in [6.07, 6.45) is 0. The van der Waals surface area contributed by atoms with Crippen molar-refractivity contribution in [3.8, 4) is 0 Å². The maximum absolute atomic E-state index is 7.38. The molecule has 0 bridgehead atoms. The molecule has 0 aromatic carbocycles. The Hall–Kier alpha value is 1.51. The van der Waals surface area contributed by atoms with Gasteiger partial charge in [0.2, 0.25) is 0 Å². The van der Waals surface area contributed by atoms with E-state index in [1.165, 1.54) is 0 Å². The second kappa shape index (κ2) is 5.65. The summed E-state index contributed by atoms with van der Waals surface area (Å²) in [5, 5.41) is 0. The first-order valence-electron chi connectivity index (χ1n) is 0.894. The van der Waals surface area contributed by atoms with E-state index in [1.807, 2.05) is 0 Å². The standard InChI is InChI=1S/Na.5H2O.Ti.H/h;5*1H2;;/q;;;;;;+4;/p-4. The Bertz CT molecular complexity index is 23.6. The molecule has 0 saturated carbocycles. The Morgan fingerprint density at radius 2 is 0.857 bits per heavy atom. The Morgan fingerprint density at radius 1 is 0.857 bits per heavy atom.